The molecular formula is C21H18N6OS2. The van der Waals surface area contributed by atoms with Crippen LogP contribution in [0.15, 0.2) is 47.1 Å². The van der Waals surface area contributed by atoms with Crippen molar-refractivity contribution in [1.29, 1.82) is 5.26 Å². The average molecular weight is 435 g/mol. The topological polar surface area (TPSA) is 99.4 Å². The number of hydrogen-bond acceptors (Lipinski definition) is 6. The number of carbonyl (C=O) groups is 1. The molecule has 1 saturated carbocycles. The summed E-state index contributed by atoms with van der Waals surface area (Å²) in [5, 5.41) is 24.8. The molecule has 150 valence electrons. The molecule has 0 saturated heterocycles. The Labute approximate surface area is 181 Å². The van der Waals surface area contributed by atoms with Crippen LogP contribution in [-0.4, -0.2) is 30.9 Å². The lowest BCUT2D eigenvalue weighted by atomic mass is 10.1. The van der Waals surface area contributed by atoms with E-state index in [1.807, 2.05) is 31.3 Å². The summed E-state index contributed by atoms with van der Waals surface area (Å²) in [5.74, 6) is 0.674. The highest BCUT2D eigenvalue weighted by Gasteiger charge is 2.32. The van der Waals surface area contributed by atoms with Crippen LogP contribution in [0.25, 0.3) is 22.3 Å². The molecule has 0 aliphatic heterocycles. The molecule has 1 aromatic carbocycles. The summed E-state index contributed by atoms with van der Waals surface area (Å²) in [6.07, 6.45) is 4.14. The van der Waals surface area contributed by atoms with E-state index in [0.717, 1.165) is 40.3 Å². The van der Waals surface area contributed by atoms with Crippen LogP contribution in [0.3, 0.4) is 0 Å². The molecule has 1 aliphatic carbocycles. The number of hydrogen-bond donors (Lipinski definition) is 2. The largest absolute Gasteiger partial charge is 0.360 e. The number of anilines is 1. The third-order valence-corrected chi connectivity index (χ3v) is 6.97. The minimum Gasteiger partial charge on any atom is -0.360 e. The highest BCUT2D eigenvalue weighted by atomic mass is 32.2. The molecule has 9 heteroatoms. The van der Waals surface area contributed by atoms with Crippen molar-refractivity contribution >= 4 is 44.9 Å². The summed E-state index contributed by atoms with van der Waals surface area (Å²) in [4.78, 5) is 16.0. The highest BCUT2D eigenvalue weighted by Crippen LogP contribution is 2.42. The van der Waals surface area contributed by atoms with Crippen molar-refractivity contribution in [2.45, 2.75) is 36.2 Å². The van der Waals surface area contributed by atoms with Crippen molar-refractivity contribution in [3.05, 3.63) is 47.5 Å². The molecule has 4 aromatic rings. The molecule has 1 aliphatic rings. The number of nitriles is 1. The van der Waals surface area contributed by atoms with Gasteiger partial charge in [0.2, 0.25) is 5.91 Å². The van der Waals surface area contributed by atoms with E-state index in [9.17, 15) is 4.79 Å². The van der Waals surface area contributed by atoms with E-state index >= 15 is 0 Å². The van der Waals surface area contributed by atoms with Crippen LogP contribution in [-0.2, 0) is 4.79 Å². The van der Waals surface area contributed by atoms with Crippen LogP contribution >= 0.6 is 23.1 Å². The van der Waals surface area contributed by atoms with E-state index < -0.39 is 0 Å². The summed E-state index contributed by atoms with van der Waals surface area (Å²) in [6, 6.07) is 12.3. The van der Waals surface area contributed by atoms with Gasteiger partial charge in [0.15, 0.2) is 11.0 Å². The second kappa shape index (κ2) is 7.63. The van der Waals surface area contributed by atoms with Gasteiger partial charge in [-0.15, -0.1) is 21.5 Å². The van der Waals surface area contributed by atoms with Crippen molar-refractivity contribution in [3.8, 4) is 17.5 Å². The minimum atomic E-state index is -0.379. The first kappa shape index (κ1) is 18.9. The smallest absolute Gasteiger partial charge is 0.238 e. The Bertz CT molecular complexity index is 1280. The first-order valence-electron chi connectivity index (χ1n) is 9.62. The molecule has 2 N–H and O–H groups in total. The fraction of sp³-hybridized carbons (Fsp3) is 0.238. The lowest BCUT2D eigenvalue weighted by Gasteiger charge is -2.13. The van der Waals surface area contributed by atoms with E-state index in [0.29, 0.717) is 16.6 Å². The zero-order valence-electron chi connectivity index (χ0n) is 16.1. The highest BCUT2D eigenvalue weighted by molar-refractivity contribution is 8.00. The minimum absolute atomic E-state index is 0.155. The third-order valence-electron chi connectivity index (χ3n) is 5.08. The number of nitrogens with one attached hydrogen (secondary N) is 2. The number of aromatic amines is 1. The van der Waals surface area contributed by atoms with Gasteiger partial charge < -0.3 is 10.3 Å². The predicted octanol–water partition coefficient (Wildman–Crippen LogP) is 4.81. The molecule has 3 aromatic heterocycles. The Kier molecular flexibility index (Phi) is 4.81. The third kappa shape index (κ3) is 3.38. The summed E-state index contributed by atoms with van der Waals surface area (Å²) in [6.45, 7) is 1.84. The second-order valence-corrected chi connectivity index (χ2v) is 9.40. The fourth-order valence-corrected chi connectivity index (χ4v) is 5.04. The van der Waals surface area contributed by atoms with Gasteiger partial charge in [0.25, 0.3) is 0 Å². The van der Waals surface area contributed by atoms with Gasteiger partial charge in [-0.2, -0.15) is 5.26 Å². The molecule has 30 heavy (non-hydrogen) atoms. The molecule has 0 bridgehead atoms. The number of para-hydroxylation sites is 1. The van der Waals surface area contributed by atoms with Gasteiger partial charge in [0.1, 0.15) is 11.1 Å². The number of nitrogens with zero attached hydrogens (tertiary/aromatic N) is 4. The molecule has 5 rings (SSSR count). The normalized spacial score (nSPS) is 14.5. The number of benzene rings is 1. The summed E-state index contributed by atoms with van der Waals surface area (Å²) in [7, 11) is 0. The van der Waals surface area contributed by atoms with Crippen molar-refractivity contribution in [2.75, 3.05) is 5.32 Å². The lowest BCUT2D eigenvalue weighted by molar-refractivity contribution is -0.115. The Morgan fingerprint density at radius 2 is 2.20 bits per heavy atom. The van der Waals surface area contributed by atoms with E-state index in [2.05, 4.69) is 37.2 Å². The van der Waals surface area contributed by atoms with Crippen LogP contribution < -0.4 is 5.32 Å². The zero-order valence-corrected chi connectivity index (χ0v) is 17.8. The van der Waals surface area contributed by atoms with Gasteiger partial charge in [-0.25, -0.2) is 0 Å². The molecule has 3 heterocycles. The average Bonchev–Trinajstić information content (AvgIpc) is 3.16. The Morgan fingerprint density at radius 1 is 1.37 bits per heavy atom. The van der Waals surface area contributed by atoms with Crippen molar-refractivity contribution in [1.82, 2.24) is 19.7 Å². The van der Waals surface area contributed by atoms with Crippen molar-refractivity contribution in [2.24, 2.45) is 0 Å². The standard InChI is InChI=1S/C21H18N6OS2/c1-12(19(28)24-20-13(10-22)8-9-29-20)30-21-26-25-18(27(21)14-6-7-14)16-11-23-17-5-3-2-4-15(16)17/h2-5,8-9,11-12,14,23H,6-7H2,1H3,(H,24,28). The molecule has 1 amide bonds. The number of amides is 1. The number of thioether (sulfide) groups is 1. The quantitative estimate of drug-likeness (QED) is 0.424. The molecule has 0 spiro atoms. The number of rotatable bonds is 6. The Morgan fingerprint density at radius 3 is 3.00 bits per heavy atom. The van der Waals surface area contributed by atoms with E-state index in [4.69, 9.17) is 5.26 Å². The number of fused-ring (bicyclic) bond motifs is 1. The Balaban J connectivity index is 1.42. The van der Waals surface area contributed by atoms with Gasteiger partial charge >= 0.3 is 0 Å². The number of aromatic nitrogens is 4. The number of H-pyrrole nitrogens is 1. The maximum Gasteiger partial charge on any atom is 0.238 e. The molecule has 7 nitrogen and oxygen atoms in total. The summed E-state index contributed by atoms with van der Waals surface area (Å²) in [5.41, 5.74) is 2.56. The summed E-state index contributed by atoms with van der Waals surface area (Å²) >= 11 is 2.74. The SMILES string of the molecule is CC(Sc1nnc(-c2c[nH]c3ccccc23)n1C1CC1)C(=O)Nc1sccc1C#N. The number of carbonyl (C=O) groups excluding carboxylic acids is 1. The van der Waals surface area contributed by atoms with E-state index in [1.54, 1.807) is 11.4 Å². The van der Waals surface area contributed by atoms with Gasteiger partial charge in [-0.1, -0.05) is 30.0 Å². The first-order valence-corrected chi connectivity index (χ1v) is 11.4. The second-order valence-electron chi connectivity index (χ2n) is 7.18. The van der Waals surface area contributed by atoms with Crippen molar-refractivity contribution < 1.29 is 4.79 Å². The maximum atomic E-state index is 12.7. The maximum absolute atomic E-state index is 12.7. The number of thiophene rings is 1. The zero-order chi connectivity index (χ0) is 20.7. The lowest BCUT2D eigenvalue weighted by Crippen LogP contribution is -2.22. The fourth-order valence-electron chi connectivity index (χ4n) is 3.38. The van der Waals surface area contributed by atoms with Gasteiger partial charge in [0.05, 0.1) is 10.8 Å². The predicted molar refractivity (Wildman–Crippen MR) is 119 cm³/mol. The molecule has 1 fully saturated rings. The van der Waals surface area contributed by atoms with Crippen LogP contribution in [0.1, 0.15) is 31.4 Å². The van der Waals surface area contributed by atoms with Crippen LogP contribution in [0.4, 0.5) is 5.00 Å². The van der Waals surface area contributed by atoms with Crippen LogP contribution in [0.5, 0.6) is 0 Å². The monoisotopic (exact) mass is 434 g/mol. The molecular weight excluding hydrogens is 416 g/mol. The van der Waals surface area contributed by atoms with E-state index in [-0.39, 0.29) is 11.2 Å². The van der Waals surface area contributed by atoms with Crippen molar-refractivity contribution in [3.63, 3.8) is 0 Å². The molecule has 0 radical (unpaired) electrons. The first-order chi connectivity index (χ1) is 14.7. The van der Waals surface area contributed by atoms with Gasteiger partial charge in [-0.3, -0.25) is 9.36 Å². The van der Waals surface area contributed by atoms with Crippen LogP contribution in [0.2, 0.25) is 0 Å². The summed E-state index contributed by atoms with van der Waals surface area (Å²) < 4.78 is 2.16. The molecule has 1 unspecified atom stereocenters. The van der Waals surface area contributed by atoms with E-state index in [1.165, 1.54) is 23.1 Å². The van der Waals surface area contributed by atoms with Gasteiger partial charge in [-0.05, 0) is 37.3 Å². The van der Waals surface area contributed by atoms with Crippen LogP contribution in [0, 0.1) is 11.3 Å². The van der Waals surface area contributed by atoms with Gasteiger partial charge in [0, 0.05) is 28.7 Å². The molecule has 1 atom stereocenters. The Hall–Kier alpha value is -3.09.